The number of thiazole rings is 2. The number of rotatable bonds is 5. The van der Waals surface area contributed by atoms with Crippen LogP contribution in [0.4, 0.5) is 5.13 Å². The number of carbonyl (C=O) groups is 1. The molecule has 0 aliphatic rings. The molecule has 0 aliphatic carbocycles. The Morgan fingerprint density at radius 2 is 2.04 bits per heavy atom. The summed E-state index contributed by atoms with van der Waals surface area (Å²) in [4.78, 5) is 32.8. The van der Waals surface area contributed by atoms with Crippen LogP contribution in [0.15, 0.2) is 44.2 Å². The van der Waals surface area contributed by atoms with Gasteiger partial charge in [-0.3, -0.25) is 10.1 Å². The minimum atomic E-state index is -0.466. The van der Waals surface area contributed by atoms with Gasteiger partial charge in [0.25, 0.3) is 5.91 Å². The van der Waals surface area contributed by atoms with Gasteiger partial charge in [-0.2, -0.15) is 0 Å². The van der Waals surface area contributed by atoms with Gasteiger partial charge in [-0.15, -0.1) is 22.7 Å². The van der Waals surface area contributed by atoms with Crippen molar-refractivity contribution in [1.29, 1.82) is 0 Å². The molecule has 0 unspecified atom stereocenters. The lowest BCUT2D eigenvalue weighted by atomic mass is 10.1. The van der Waals surface area contributed by atoms with E-state index >= 15 is 0 Å². The zero-order chi connectivity index (χ0) is 19.7. The van der Waals surface area contributed by atoms with E-state index in [0.717, 1.165) is 16.1 Å². The Hall–Kier alpha value is -3.04. The molecule has 1 amide bonds. The molecule has 0 bridgehead atoms. The summed E-state index contributed by atoms with van der Waals surface area (Å²) in [5.74, 6) is 0.114. The van der Waals surface area contributed by atoms with E-state index in [2.05, 4.69) is 15.3 Å². The van der Waals surface area contributed by atoms with E-state index in [9.17, 15) is 9.59 Å². The van der Waals surface area contributed by atoms with Gasteiger partial charge >= 0.3 is 5.63 Å². The summed E-state index contributed by atoms with van der Waals surface area (Å²) >= 11 is 2.82. The normalized spacial score (nSPS) is 10.9. The first-order chi connectivity index (χ1) is 13.5. The molecule has 3 heterocycles. The topological polar surface area (TPSA) is 94.3 Å². The molecule has 0 aliphatic heterocycles. The minimum Gasteiger partial charge on any atom is -0.484 e. The Kier molecular flexibility index (Phi) is 4.93. The molecule has 7 nitrogen and oxygen atoms in total. The van der Waals surface area contributed by atoms with Gasteiger partial charge < -0.3 is 9.15 Å². The SMILES string of the molecule is Cc1csc(NC(=O)COc2ccc3cc(-c4csc(C)n4)c(=O)oc3c2)n1. The predicted molar refractivity (Wildman–Crippen MR) is 109 cm³/mol. The molecule has 0 spiro atoms. The van der Waals surface area contributed by atoms with Crippen molar-refractivity contribution in [3.63, 3.8) is 0 Å². The maximum absolute atomic E-state index is 12.3. The van der Waals surface area contributed by atoms with Crippen molar-refractivity contribution >= 4 is 44.7 Å². The van der Waals surface area contributed by atoms with Crippen LogP contribution in [-0.2, 0) is 4.79 Å². The largest absolute Gasteiger partial charge is 0.484 e. The maximum atomic E-state index is 12.3. The predicted octanol–water partition coefficient (Wildman–Crippen LogP) is 4.01. The van der Waals surface area contributed by atoms with Crippen LogP contribution in [0.3, 0.4) is 0 Å². The Balaban J connectivity index is 1.50. The number of nitrogens with zero attached hydrogens (tertiary/aromatic N) is 2. The Morgan fingerprint density at radius 3 is 2.75 bits per heavy atom. The second-order valence-electron chi connectivity index (χ2n) is 6.03. The number of amides is 1. The molecule has 0 radical (unpaired) electrons. The summed E-state index contributed by atoms with van der Waals surface area (Å²) in [5, 5.41) is 8.50. The van der Waals surface area contributed by atoms with Crippen molar-refractivity contribution in [1.82, 2.24) is 9.97 Å². The average molecular weight is 413 g/mol. The summed E-state index contributed by atoms with van der Waals surface area (Å²) in [5.41, 5.74) is 1.79. The smallest absolute Gasteiger partial charge is 0.345 e. The number of fused-ring (bicyclic) bond motifs is 1. The summed E-state index contributed by atoms with van der Waals surface area (Å²) in [6, 6.07) is 6.84. The van der Waals surface area contributed by atoms with Gasteiger partial charge in [0.1, 0.15) is 11.3 Å². The highest BCUT2D eigenvalue weighted by molar-refractivity contribution is 7.13. The third-order valence-corrected chi connectivity index (χ3v) is 5.49. The second kappa shape index (κ2) is 7.53. The highest BCUT2D eigenvalue weighted by Crippen LogP contribution is 2.25. The molecule has 4 aromatic rings. The number of benzene rings is 1. The molecular weight excluding hydrogens is 398 g/mol. The third-order valence-electron chi connectivity index (χ3n) is 3.84. The van der Waals surface area contributed by atoms with Crippen molar-refractivity contribution in [2.24, 2.45) is 0 Å². The van der Waals surface area contributed by atoms with E-state index in [1.54, 1.807) is 24.3 Å². The van der Waals surface area contributed by atoms with Gasteiger partial charge in [-0.25, -0.2) is 14.8 Å². The number of aromatic nitrogens is 2. The Bertz CT molecular complexity index is 1230. The highest BCUT2D eigenvalue weighted by Gasteiger charge is 2.12. The van der Waals surface area contributed by atoms with Gasteiger partial charge in [-0.1, -0.05) is 0 Å². The molecule has 0 atom stereocenters. The number of hydrogen-bond donors (Lipinski definition) is 1. The van der Waals surface area contributed by atoms with Crippen molar-refractivity contribution in [2.75, 3.05) is 11.9 Å². The summed E-state index contributed by atoms with van der Waals surface area (Å²) in [6.07, 6.45) is 0. The molecule has 0 saturated heterocycles. The van der Waals surface area contributed by atoms with Gasteiger partial charge in [0.2, 0.25) is 0 Å². The molecule has 142 valence electrons. The van der Waals surface area contributed by atoms with Crippen LogP contribution in [-0.4, -0.2) is 22.5 Å². The fourth-order valence-corrected chi connectivity index (χ4v) is 3.88. The molecule has 0 saturated carbocycles. The third kappa shape index (κ3) is 3.95. The molecule has 1 aromatic carbocycles. The lowest BCUT2D eigenvalue weighted by molar-refractivity contribution is -0.118. The van der Waals surface area contributed by atoms with E-state index in [1.165, 1.54) is 22.7 Å². The van der Waals surface area contributed by atoms with Crippen LogP contribution >= 0.6 is 22.7 Å². The number of aryl methyl sites for hydroxylation is 2. The highest BCUT2D eigenvalue weighted by atomic mass is 32.1. The standard InChI is InChI=1S/C19H15N3O4S2/c1-10-8-28-19(20-10)22-17(23)7-25-13-4-3-12-5-14(15-9-27-11(2)21-15)18(24)26-16(12)6-13/h3-6,8-9H,7H2,1-2H3,(H,20,22,23). The lowest BCUT2D eigenvalue weighted by Gasteiger charge is -2.07. The average Bonchev–Trinajstić information content (AvgIpc) is 3.27. The van der Waals surface area contributed by atoms with Crippen LogP contribution in [0.25, 0.3) is 22.2 Å². The zero-order valence-corrected chi connectivity index (χ0v) is 16.6. The summed E-state index contributed by atoms with van der Waals surface area (Å²) in [7, 11) is 0. The van der Waals surface area contributed by atoms with Gasteiger partial charge in [0, 0.05) is 22.2 Å². The molecule has 0 fully saturated rings. The van der Waals surface area contributed by atoms with Crippen LogP contribution < -0.4 is 15.7 Å². The van der Waals surface area contributed by atoms with E-state index in [0.29, 0.717) is 27.7 Å². The van der Waals surface area contributed by atoms with E-state index < -0.39 is 5.63 Å². The van der Waals surface area contributed by atoms with Crippen LogP contribution in [0.1, 0.15) is 10.7 Å². The van der Waals surface area contributed by atoms with Crippen LogP contribution in [0.5, 0.6) is 5.75 Å². The number of ether oxygens (including phenoxy) is 1. The quantitative estimate of drug-likeness (QED) is 0.497. The first-order valence-electron chi connectivity index (χ1n) is 8.33. The van der Waals surface area contributed by atoms with Crippen molar-refractivity contribution < 1.29 is 13.9 Å². The molecule has 28 heavy (non-hydrogen) atoms. The number of carbonyl (C=O) groups excluding carboxylic acids is 1. The van der Waals surface area contributed by atoms with E-state index in [-0.39, 0.29) is 12.5 Å². The van der Waals surface area contributed by atoms with Crippen molar-refractivity contribution in [2.45, 2.75) is 13.8 Å². The first-order valence-corrected chi connectivity index (χ1v) is 10.1. The number of anilines is 1. The van der Waals surface area contributed by atoms with E-state index in [1.807, 2.05) is 24.6 Å². The van der Waals surface area contributed by atoms with Crippen LogP contribution in [0.2, 0.25) is 0 Å². The number of nitrogens with one attached hydrogen (secondary N) is 1. The van der Waals surface area contributed by atoms with Gasteiger partial charge in [0.05, 0.1) is 22.0 Å². The van der Waals surface area contributed by atoms with Crippen molar-refractivity contribution in [3.05, 3.63) is 56.1 Å². The first kappa shape index (κ1) is 18.3. The Labute approximate surface area is 167 Å². The molecule has 9 heteroatoms. The van der Waals surface area contributed by atoms with Crippen LogP contribution in [0, 0.1) is 13.8 Å². The fraction of sp³-hybridized carbons (Fsp3) is 0.158. The minimum absolute atomic E-state index is 0.176. The zero-order valence-electron chi connectivity index (χ0n) is 15.0. The van der Waals surface area contributed by atoms with Gasteiger partial charge in [-0.05, 0) is 32.0 Å². The second-order valence-corrected chi connectivity index (χ2v) is 7.95. The summed E-state index contributed by atoms with van der Waals surface area (Å²) in [6.45, 7) is 3.56. The maximum Gasteiger partial charge on any atom is 0.345 e. The van der Waals surface area contributed by atoms with Gasteiger partial charge in [0.15, 0.2) is 11.7 Å². The molecular formula is C19H15N3O4S2. The fourth-order valence-electron chi connectivity index (χ4n) is 2.56. The monoisotopic (exact) mass is 413 g/mol. The molecule has 4 rings (SSSR count). The Morgan fingerprint density at radius 1 is 1.18 bits per heavy atom. The molecule has 3 aromatic heterocycles. The summed E-state index contributed by atoms with van der Waals surface area (Å²) < 4.78 is 10.9. The van der Waals surface area contributed by atoms with E-state index in [4.69, 9.17) is 9.15 Å². The lowest BCUT2D eigenvalue weighted by Crippen LogP contribution is -2.20. The number of hydrogen-bond acceptors (Lipinski definition) is 8. The van der Waals surface area contributed by atoms with Crippen molar-refractivity contribution in [3.8, 4) is 17.0 Å². The molecule has 1 N–H and O–H groups in total.